The second-order valence-corrected chi connectivity index (χ2v) is 7.98. The number of carbonyl (C=O) groups is 1. The summed E-state index contributed by atoms with van der Waals surface area (Å²) in [6.45, 7) is 1.55. The molecule has 2 aromatic rings. The molecule has 0 saturated heterocycles. The van der Waals surface area contributed by atoms with Gasteiger partial charge in [-0.2, -0.15) is 4.31 Å². The summed E-state index contributed by atoms with van der Waals surface area (Å²) in [5.74, 6) is -0.417. The van der Waals surface area contributed by atoms with E-state index in [0.29, 0.717) is 0 Å². The number of hydrogen-bond donors (Lipinski definition) is 2. The molecule has 6 nitrogen and oxygen atoms in total. The van der Waals surface area contributed by atoms with E-state index in [0.717, 1.165) is 20.6 Å². The first kappa shape index (κ1) is 18.4. The van der Waals surface area contributed by atoms with Gasteiger partial charge in [-0.3, -0.25) is 4.79 Å². The minimum Gasteiger partial charge on any atom is -0.347 e. The first-order valence-corrected chi connectivity index (χ1v) is 9.40. The fourth-order valence-corrected chi connectivity index (χ4v) is 3.22. The number of fused-ring (bicyclic) bond motifs is 1. The Morgan fingerprint density at radius 2 is 1.88 bits per heavy atom. The number of nitrogens with one attached hydrogen (secondary N) is 1. The summed E-state index contributed by atoms with van der Waals surface area (Å²) >= 11 is 0. The Bertz CT molecular complexity index is 821. The predicted molar refractivity (Wildman–Crippen MR) is 96.0 cm³/mol. The Kier molecular flexibility index (Phi) is 5.93. The van der Waals surface area contributed by atoms with Crippen LogP contribution in [0.25, 0.3) is 10.8 Å². The number of amides is 1. The second-order valence-electron chi connectivity index (χ2n) is 5.62. The number of nitrogens with two attached hydrogens (primary N) is 1. The fourth-order valence-electron chi connectivity index (χ4n) is 2.46. The molecule has 0 bridgehead atoms. The van der Waals surface area contributed by atoms with Crippen LogP contribution < -0.4 is 11.1 Å². The van der Waals surface area contributed by atoms with E-state index in [1.54, 1.807) is 6.92 Å². The molecule has 7 heteroatoms. The normalized spacial score (nSPS) is 13.2. The second kappa shape index (κ2) is 7.74. The molecule has 0 radical (unpaired) electrons. The molecule has 1 amide bonds. The van der Waals surface area contributed by atoms with Crippen LogP contribution in [0.3, 0.4) is 0 Å². The topological polar surface area (TPSA) is 92.5 Å². The van der Waals surface area contributed by atoms with Gasteiger partial charge >= 0.3 is 0 Å². The maximum atomic E-state index is 12.1. The first-order valence-electron chi connectivity index (χ1n) is 7.79. The summed E-state index contributed by atoms with van der Waals surface area (Å²) in [5, 5.41) is 4.98. The maximum Gasteiger partial charge on any atom is 0.235 e. The molecule has 2 rings (SSSR count). The van der Waals surface area contributed by atoms with Crippen molar-refractivity contribution in [3.63, 3.8) is 0 Å². The van der Waals surface area contributed by atoms with Gasteiger partial charge in [0.25, 0.3) is 0 Å². The molecule has 0 aliphatic carbocycles. The number of nitrogens with zero attached hydrogens (tertiary/aromatic N) is 1. The Balaban J connectivity index is 2.11. The third kappa shape index (κ3) is 4.31. The molecular weight excluding hydrogens is 326 g/mol. The number of likely N-dealkylation sites (N-methyl/N-ethyl adjacent to an activating group) is 1. The van der Waals surface area contributed by atoms with Crippen molar-refractivity contribution in [3.8, 4) is 0 Å². The Morgan fingerprint density at radius 1 is 1.21 bits per heavy atom. The lowest BCUT2D eigenvalue weighted by atomic mass is 10.0. The van der Waals surface area contributed by atoms with Crippen molar-refractivity contribution < 1.29 is 13.2 Å². The summed E-state index contributed by atoms with van der Waals surface area (Å²) in [6.07, 6.45) is 0. The number of benzene rings is 2. The average molecular weight is 349 g/mol. The maximum absolute atomic E-state index is 12.1. The number of hydrogen-bond acceptors (Lipinski definition) is 4. The molecule has 0 aliphatic heterocycles. The van der Waals surface area contributed by atoms with Crippen molar-refractivity contribution in [3.05, 3.63) is 48.0 Å². The highest BCUT2D eigenvalue weighted by atomic mass is 32.2. The highest BCUT2D eigenvalue weighted by Gasteiger charge is 2.20. The van der Waals surface area contributed by atoms with Crippen molar-refractivity contribution in [2.24, 2.45) is 5.73 Å². The van der Waals surface area contributed by atoms with Crippen LogP contribution in [-0.2, 0) is 14.8 Å². The minimum atomic E-state index is -3.39. The average Bonchev–Trinajstić information content (AvgIpc) is 2.59. The number of sulfonamides is 1. The molecule has 0 spiro atoms. The van der Waals surface area contributed by atoms with E-state index in [1.165, 1.54) is 7.05 Å². The van der Waals surface area contributed by atoms with Crippen molar-refractivity contribution in [1.29, 1.82) is 0 Å². The van der Waals surface area contributed by atoms with Gasteiger partial charge in [0, 0.05) is 13.6 Å². The molecular formula is C17H23N3O3S. The van der Waals surface area contributed by atoms with Crippen LogP contribution in [0.2, 0.25) is 0 Å². The predicted octanol–water partition coefficient (Wildman–Crippen LogP) is 1.24. The molecule has 24 heavy (non-hydrogen) atoms. The van der Waals surface area contributed by atoms with E-state index in [1.807, 2.05) is 42.5 Å². The molecule has 130 valence electrons. The summed E-state index contributed by atoms with van der Waals surface area (Å²) in [5.41, 5.74) is 6.69. The van der Waals surface area contributed by atoms with Gasteiger partial charge in [-0.05, 0) is 29.3 Å². The van der Waals surface area contributed by atoms with Gasteiger partial charge in [0.1, 0.15) is 0 Å². The zero-order valence-electron chi connectivity index (χ0n) is 13.9. The summed E-state index contributed by atoms with van der Waals surface area (Å²) in [6, 6.07) is 13.5. The number of carbonyl (C=O) groups excluding carboxylic acids is 1. The third-order valence-electron chi connectivity index (χ3n) is 3.95. The van der Waals surface area contributed by atoms with Gasteiger partial charge in [0.15, 0.2) is 0 Å². The lowest BCUT2D eigenvalue weighted by Crippen LogP contribution is -2.42. The molecule has 1 unspecified atom stereocenters. The Hall–Kier alpha value is -1.96. The van der Waals surface area contributed by atoms with Crippen molar-refractivity contribution >= 4 is 26.7 Å². The van der Waals surface area contributed by atoms with Crippen molar-refractivity contribution in [2.45, 2.75) is 13.0 Å². The van der Waals surface area contributed by atoms with Gasteiger partial charge in [0.05, 0.1) is 18.3 Å². The largest absolute Gasteiger partial charge is 0.347 e. The molecule has 0 saturated carbocycles. The van der Waals surface area contributed by atoms with Crippen molar-refractivity contribution in [1.82, 2.24) is 9.62 Å². The van der Waals surface area contributed by atoms with Crippen LogP contribution in [-0.4, -0.2) is 44.5 Å². The first-order chi connectivity index (χ1) is 11.4. The minimum absolute atomic E-state index is 0.0399. The monoisotopic (exact) mass is 349 g/mol. The summed E-state index contributed by atoms with van der Waals surface area (Å²) in [4.78, 5) is 12.1. The van der Waals surface area contributed by atoms with Crippen LogP contribution in [0.4, 0.5) is 0 Å². The third-order valence-corrected chi connectivity index (χ3v) is 5.76. The van der Waals surface area contributed by atoms with Crippen LogP contribution in [0.15, 0.2) is 42.5 Å². The zero-order chi connectivity index (χ0) is 17.7. The fraction of sp³-hybridized carbons (Fsp3) is 0.353. The Labute approximate surface area is 142 Å². The van der Waals surface area contributed by atoms with E-state index < -0.39 is 10.0 Å². The van der Waals surface area contributed by atoms with Crippen LogP contribution in [0.5, 0.6) is 0 Å². The molecule has 0 aromatic heterocycles. The SMILES string of the molecule is CCS(=O)(=O)N(C)CC(=O)NC(CN)c1ccc2ccccc2c1. The molecule has 0 fully saturated rings. The standard InChI is InChI=1S/C17H23N3O3S/c1-3-24(22,23)20(2)12-17(21)19-16(11-18)15-9-8-13-6-4-5-7-14(13)10-15/h4-10,16H,3,11-12,18H2,1-2H3,(H,19,21). The highest BCUT2D eigenvalue weighted by molar-refractivity contribution is 7.89. The lowest BCUT2D eigenvalue weighted by molar-refractivity contribution is -0.121. The Morgan fingerprint density at radius 3 is 2.50 bits per heavy atom. The van der Waals surface area contributed by atoms with E-state index in [-0.39, 0.29) is 30.8 Å². The van der Waals surface area contributed by atoms with Crippen LogP contribution in [0.1, 0.15) is 18.5 Å². The van der Waals surface area contributed by atoms with E-state index >= 15 is 0 Å². The number of rotatable bonds is 7. The molecule has 0 aliphatic rings. The van der Waals surface area contributed by atoms with Gasteiger partial charge in [-0.1, -0.05) is 36.4 Å². The summed E-state index contributed by atoms with van der Waals surface area (Å²) < 4.78 is 24.5. The van der Waals surface area contributed by atoms with E-state index in [9.17, 15) is 13.2 Å². The van der Waals surface area contributed by atoms with E-state index in [4.69, 9.17) is 5.73 Å². The van der Waals surface area contributed by atoms with Gasteiger partial charge in [-0.25, -0.2) is 8.42 Å². The summed E-state index contributed by atoms with van der Waals surface area (Å²) in [7, 11) is -1.99. The zero-order valence-corrected chi connectivity index (χ0v) is 14.7. The molecule has 2 aromatic carbocycles. The lowest BCUT2D eigenvalue weighted by Gasteiger charge is -2.20. The quantitative estimate of drug-likeness (QED) is 0.786. The van der Waals surface area contributed by atoms with Crippen LogP contribution in [0, 0.1) is 0 Å². The smallest absolute Gasteiger partial charge is 0.235 e. The van der Waals surface area contributed by atoms with Crippen LogP contribution >= 0.6 is 0 Å². The molecule has 1 atom stereocenters. The van der Waals surface area contributed by atoms with Gasteiger partial charge in [-0.15, -0.1) is 0 Å². The molecule has 3 N–H and O–H groups in total. The van der Waals surface area contributed by atoms with E-state index in [2.05, 4.69) is 5.32 Å². The van der Waals surface area contributed by atoms with Crippen molar-refractivity contribution in [2.75, 3.05) is 25.9 Å². The van der Waals surface area contributed by atoms with Gasteiger partial charge < -0.3 is 11.1 Å². The molecule has 0 heterocycles. The highest BCUT2D eigenvalue weighted by Crippen LogP contribution is 2.20. The van der Waals surface area contributed by atoms with Gasteiger partial charge in [0.2, 0.25) is 15.9 Å².